The first-order chi connectivity index (χ1) is 9.94. The molecule has 0 aliphatic rings. The molecule has 0 saturated carbocycles. The first-order valence-electron chi connectivity index (χ1n) is 7.76. The molecule has 2 aromatic rings. The van der Waals surface area contributed by atoms with Crippen LogP contribution in [0.5, 0.6) is 0 Å². The van der Waals surface area contributed by atoms with Gasteiger partial charge in [-0.25, -0.2) is 0 Å². The van der Waals surface area contributed by atoms with E-state index in [-0.39, 0.29) is 0 Å². The third-order valence-electron chi connectivity index (χ3n) is 3.63. The van der Waals surface area contributed by atoms with Crippen LogP contribution >= 0.6 is 11.3 Å². The first-order valence-corrected chi connectivity index (χ1v) is 8.70. The molecule has 0 saturated heterocycles. The van der Waals surface area contributed by atoms with Gasteiger partial charge in [0.15, 0.2) is 0 Å². The summed E-state index contributed by atoms with van der Waals surface area (Å²) in [5.41, 5.74) is 3.14. The van der Waals surface area contributed by atoms with Crippen LogP contribution in [0.4, 0.5) is 0 Å². The monoisotopic (exact) mass is 301 g/mol. The van der Waals surface area contributed by atoms with Gasteiger partial charge < -0.3 is 5.32 Å². The Morgan fingerprint density at radius 3 is 2.38 bits per heavy atom. The molecule has 2 heteroatoms. The lowest BCUT2D eigenvalue weighted by molar-refractivity contribution is 0.296. The van der Waals surface area contributed by atoms with Crippen LogP contribution in [0.1, 0.15) is 51.3 Å². The third-order valence-corrected chi connectivity index (χ3v) is 4.36. The molecule has 0 amide bonds. The van der Waals surface area contributed by atoms with Gasteiger partial charge >= 0.3 is 0 Å². The van der Waals surface area contributed by atoms with Gasteiger partial charge in [-0.05, 0) is 53.1 Å². The fourth-order valence-electron chi connectivity index (χ4n) is 2.74. The normalized spacial score (nSPS) is 14.9. The van der Waals surface area contributed by atoms with Gasteiger partial charge in [0.2, 0.25) is 0 Å². The van der Waals surface area contributed by atoms with Crippen LogP contribution < -0.4 is 5.32 Å². The second-order valence-electron chi connectivity index (χ2n) is 7.13. The molecule has 0 aliphatic heterocycles. The van der Waals surface area contributed by atoms with Crippen molar-refractivity contribution in [3.05, 3.63) is 58.3 Å². The minimum atomic E-state index is 0.315. The van der Waals surface area contributed by atoms with E-state index in [4.69, 9.17) is 0 Å². The van der Waals surface area contributed by atoms with Gasteiger partial charge in [0, 0.05) is 12.1 Å². The quantitative estimate of drug-likeness (QED) is 0.748. The predicted molar refractivity (Wildman–Crippen MR) is 93.9 cm³/mol. The average molecular weight is 301 g/mol. The molecule has 1 N–H and O–H groups in total. The van der Waals surface area contributed by atoms with E-state index in [0.717, 1.165) is 12.8 Å². The summed E-state index contributed by atoms with van der Waals surface area (Å²) in [5.74, 6) is 0. The molecule has 1 aromatic heterocycles. The van der Waals surface area contributed by atoms with Gasteiger partial charge in [-0.15, -0.1) is 0 Å². The Morgan fingerprint density at radius 1 is 1.10 bits per heavy atom. The van der Waals surface area contributed by atoms with E-state index >= 15 is 0 Å². The zero-order chi connectivity index (χ0) is 15.3. The van der Waals surface area contributed by atoms with E-state index in [2.05, 4.69) is 80.2 Å². The molecule has 0 fully saturated rings. The van der Waals surface area contributed by atoms with Crippen LogP contribution in [0.3, 0.4) is 0 Å². The van der Waals surface area contributed by atoms with Crippen molar-refractivity contribution < 1.29 is 0 Å². The summed E-state index contributed by atoms with van der Waals surface area (Å²) in [6.07, 6.45) is 2.24. The summed E-state index contributed by atoms with van der Waals surface area (Å²) in [6, 6.07) is 14.0. The smallest absolute Gasteiger partial charge is 0.0327 e. The Hall–Kier alpha value is -1.12. The number of nitrogens with one attached hydrogen (secondary N) is 1. The van der Waals surface area contributed by atoms with Crippen molar-refractivity contribution in [3.63, 3.8) is 0 Å². The summed E-state index contributed by atoms with van der Waals surface area (Å²) < 4.78 is 0. The number of hydrogen-bond acceptors (Lipinski definition) is 2. The van der Waals surface area contributed by atoms with Gasteiger partial charge in [-0.2, -0.15) is 11.3 Å². The molecule has 114 valence electrons. The van der Waals surface area contributed by atoms with E-state index in [9.17, 15) is 0 Å². The van der Waals surface area contributed by atoms with Gasteiger partial charge in [0.1, 0.15) is 0 Å². The average Bonchev–Trinajstić information content (AvgIpc) is 2.90. The summed E-state index contributed by atoms with van der Waals surface area (Å²) >= 11 is 1.78. The summed E-state index contributed by atoms with van der Waals surface area (Å²) in [6.45, 7) is 9.23. The van der Waals surface area contributed by atoms with E-state index in [1.165, 1.54) is 11.1 Å². The minimum absolute atomic E-state index is 0.315. The maximum Gasteiger partial charge on any atom is 0.0327 e. The molecule has 2 rings (SSSR count). The van der Waals surface area contributed by atoms with E-state index < -0.39 is 0 Å². The Bertz CT molecular complexity index is 510. The van der Waals surface area contributed by atoms with Crippen molar-refractivity contribution in [3.8, 4) is 0 Å². The van der Waals surface area contributed by atoms with Crippen LogP contribution in [0.2, 0.25) is 0 Å². The first kappa shape index (κ1) is 16.3. The molecular formula is C19H27NS. The number of rotatable bonds is 6. The predicted octanol–water partition coefficient (Wildman–Crippen LogP) is 5.45. The van der Waals surface area contributed by atoms with Crippen LogP contribution in [-0.4, -0.2) is 6.04 Å². The zero-order valence-corrected chi connectivity index (χ0v) is 14.4. The molecular weight excluding hydrogens is 274 g/mol. The summed E-state index contributed by atoms with van der Waals surface area (Å²) in [4.78, 5) is 0. The molecule has 2 atom stereocenters. The standard InChI is InChI=1S/C19H27NS/c1-15(12-16-10-11-21-14-16)20-18(13-19(2,3)4)17-8-6-5-7-9-17/h5-11,14-15,18,20H,12-13H2,1-4H3. The van der Waals surface area contributed by atoms with E-state index in [0.29, 0.717) is 17.5 Å². The fourth-order valence-corrected chi connectivity index (χ4v) is 3.42. The highest BCUT2D eigenvalue weighted by molar-refractivity contribution is 7.07. The van der Waals surface area contributed by atoms with Crippen molar-refractivity contribution >= 4 is 11.3 Å². The van der Waals surface area contributed by atoms with Crippen LogP contribution in [0, 0.1) is 5.41 Å². The Balaban J connectivity index is 2.05. The topological polar surface area (TPSA) is 12.0 Å². The van der Waals surface area contributed by atoms with Crippen molar-refractivity contribution in [1.82, 2.24) is 5.32 Å². The lowest BCUT2D eigenvalue weighted by Crippen LogP contribution is -2.34. The van der Waals surface area contributed by atoms with Crippen LogP contribution in [-0.2, 0) is 6.42 Å². The Kier molecular flexibility index (Phi) is 5.60. The van der Waals surface area contributed by atoms with Gasteiger partial charge in [0.25, 0.3) is 0 Å². The second-order valence-corrected chi connectivity index (χ2v) is 7.91. The van der Waals surface area contributed by atoms with Crippen molar-refractivity contribution in [2.75, 3.05) is 0 Å². The van der Waals surface area contributed by atoms with Crippen LogP contribution in [0.15, 0.2) is 47.2 Å². The molecule has 0 spiro atoms. The summed E-state index contributed by atoms with van der Waals surface area (Å²) in [7, 11) is 0. The maximum absolute atomic E-state index is 3.83. The highest BCUT2D eigenvalue weighted by atomic mass is 32.1. The van der Waals surface area contributed by atoms with E-state index in [1.807, 2.05) is 0 Å². The highest BCUT2D eigenvalue weighted by Crippen LogP contribution is 2.30. The number of hydrogen-bond donors (Lipinski definition) is 1. The molecule has 2 unspecified atom stereocenters. The zero-order valence-electron chi connectivity index (χ0n) is 13.6. The van der Waals surface area contributed by atoms with Crippen molar-refractivity contribution in [1.29, 1.82) is 0 Å². The highest BCUT2D eigenvalue weighted by Gasteiger charge is 2.21. The molecule has 0 radical (unpaired) electrons. The lowest BCUT2D eigenvalue weighted by Gasteiger charge is -2.30. The molecule has 1 nitrogen and oxygen atoms in total. The summed E-state index contributed by atoms with van der Waals surface area (Å²) in [5, 5.41) is 8.24. The van der Waals surface area contributed by atoms with Gasteiger partial charge in [0.05, 0.1) is 0 Å². The van der Waals surface area contributed by atoms with Crippen molar-refractivity contribution in [2.24, 2.45) is 5.41 Å². The minimum Gasteiger partial charge on any atom is -0.307 e. The number of thiophene rings is 1. The van der Waals surface area contributed by atoms with Crippen LogP contribution in [0.25, 0.3) is 0 Å². The number of benzene rings is 1. The molecule has 0 bridgehead atoms. The third kappa shape index (κ3) is 5.64. The SMILES string of the molecule is CC(Cc1ccsc1)NC(CC(C)(C)C)c1ccccc1. The molecule has 21 heavy (non-hydrogen) atoms. The van der Waals surface area contributed by atoms with Crippen molar-refractivity contribution in [2.45, 2.75) is 52.6 Å². The second kappa shape index (κ2) is 7.24. The van der Waals surface area contributed by atoms with E-state index in [1.54, 1.807) is 11.3 Å². The van der Waals surface area contributed by atoms with Gasteiger partial charge in [-0.1, -0.05) is 51.1 Å². The lowest BCUT2D eigenvalue weighted by atomic mass is 9.85. The molecule has 0 aliphatic carbocycles. The fraction of sp³-hybridized carbons (Fsp3) is 0.474. The molecule has 1 heterocycles. The van der Waals surface area contributed by atoms with Gasteiger partial charge in [-0.3, -0.25) is 0 Å². The maximum atomic E-state index is 3.83. The largest absolute Gasteiger partial charge is 0.307 e. The molecule has 1 aromatic carbocycles. The Labute approximate surface area is 133 Å². The Morgan fingerprint density at radius 2 is 1.81 bits per heavy atom.